The molecule has 186 valence electrons. The number of carbonyl (C=O) groups is 1. The number of alkyl halides is 6. The molecule has 0 radical (unpaired) electrons. The van der Waals surface area contributed by atoms with Crippen molar-refractivity contribution >= 4 is 17.0 Å². The number of hydrogen-bond acceptors (Lipinski definition) is 4. The summed E-state index contributed by atoms with van der Waals surface area (Å²) in [7, 11) is 0. The highest BCUT2D eigenvalue weighted by molar-refractivity contribution is 7.79. The summed E-state index contributed by atoms with van der Waals surface area (Å²) in [6, 6.07) is 8.27. The summed E-state index contributed by atoms with van der Waals surface area (Å²) in [4.78, 5) is 12.4. The van der Waals surface area contributed by atoms with Gasteiger partial charge in [0.15, 0.2) is 0 Å². The molecule has 2 aromatic carbocycles. The summed E-state index contributed by atoms with van der Waals surface area (Å²) in [5.41, 5.74) is -5.52. The van der Waals surface area contributed by atoms with E-state index in [4.69, 9.17) is 0 Å². The molecule has 1 aliphatic rings. The van der Waals surface area contributed by atoms with Crippen molar-refractivity contribution < 1.29 is 45.0 Å². The number of carbonyl (C=O) groups excluding carboxylic acids is 1. The second kappa shape index (κ2) is 9.31. The van der Waals surface area contributed by atoms with Crippen LogP contribution in [0.5, 0.6) is 0 Å². The maximum Gasteiger partial charge on any atom is 0.430 e. The third kappa shape index (κ3) is 5.13. The van der Waals surface area contributed by atoms with Crippen LogP contribution in [0, 0.1) is 5.92 Å². The second-order valence-electron chi connectivity index (χ2n) is 8.16. The molecule has 0 bridgehead atoms. The summed E-state index contributed by atoms with van der Waals surface area (Å²) < 4.78 is 101. The van der Waals surface area contributed by atoms with E-state index in [0.29, 0.717) is 23.3 Å². The van der Waals surface area contributed by atoms with E-state index in [9.17, 15) is 45.0 Å². The third-order valence-electron chi connectivity index (χ3n) is 5.76. The van der Waals surface area contributed by atoms with Gasteiger partial charge in [-0.15, -0.1) is 0 Å². The van der Waals surface area contributed by atoms with Gasteiger partial charge in [0.2, 0.25) is 0 Å². The monoisotopic (exact) mass is 508 g/mol. The van der Waals surface area contributed by atoms with Crippen molar-refractivity contribution in [2.24, 2.45) is 5.92 Å². The molecule has 0 saturated heterocycles. The highest BCUT2D eigenvalue weighted by atomic mass is 32.2. The average molecular weight is 508 g/mol. The Labute approximate surface area is 193 Å². The van der Waals surface area contributed by atoms with Crippen molar-refractivity contribution in [3.8, 4) is 0 Å². The number of aliphatic hydroxyl groups is 1. The summed E-state index contributed by atoms with van der Waals surface area (Å²) in [6.45, 7) is 1.61. The minimum atomic E-state index is -6.02. The Morgan fingerprint density at radius 2 is 1.44 bits per heavy atom. The van der Waals surface area contributed by atoms with E-state index in [1.807, 2.05) is 0 Å². The first-order chi connectivity index (χ1) is 15.7. The van der Waals surface area contributed by atoms with Gasteiger partial charge < -0.3 is 15.0 Å². The summed E-state index contributed by atoms with van der Waals surface area (Å²) in [5.74, 6) is -0.682. The lowest BCUT2D eigenvalue weighted by atomic mass is 9.91. The van der Waals surface area contributed by atoms with E-state index in [0.717, 1.165) is 25.0 Å². The van der Waals surface area contributed by atoms with Gasteiger partial charge in [-0.3, -0.25) is 9.00 Å². The predicted molar refractivity (Wildman–Crippen MR) is 109 cm³/mol. The van der Waals surface area contributed by atoms with Crippen LogP contribution in [0.3, 0.4) is 0 Å². The van der Waals surface area contributed by atoms with Gasteiger partial charge in [-0.1, -0.05) is 36.4 Å². The predicted octanol–water partition coefficient (Wildman–Crippen LogP) is 4.82. The first kappa shape index (κ1) is 26.2. The Balaban J connectivity index is 1.73. The standard InChI is InChI=1S/C22H21F6NO4S/c1-12(13-2-4-14(5-3-13)18(34(32)33)15-6-7-15)29-19(30)16-8-10-17(11-9-16)20(31,21(23,24)25)22(26,27)28/h2-5,8-12,15,18,31H,6-7H2,1H3,(H,29,30)(H,32,33)/p-1/t12-,18?/m1/s1. The summed E-state index contributed by atoms with van der Waals surface area (Å²) >= 11 is -2.27. The zero-order valence-electron chi connectivity index (χ0n) is 17.6. The van der Waals surface area contributed by atoms with Crippen molar-refractivity contribution in [1.82, 2.24) is 5.32 Å². The van der Waals surface area contributed by atoms with Gasteiger partial charge in [-0.2, -0.15) is 26.3 Å². The Bertz CT molecular complexity index is 1040. The smallest absolute Gasteiger partial charge is 0.430 e. The molecule has 0 spiro atoms. The van der Waals surface area contributed by atoms with Gasteiger partial charge in [-0.05, 0) is 60.0 Å². The van der Waals surface area contributed by atoms with Gasteiger partial charge in [0.1, 0.15) is 0 Å². The fourth-order valence-electron chi connectivity index (χ4n) is 3.63. The lowest BCUT2D eigenvalue weighted by Gasteiger charge is -2.32. The quantitative estimate of drug-likeness (QED) is 0.415. The van der Waals surface area contributed by atoms with E-state index < -0.39 is 51.8 Å². The van der Waals surface area contributed by atoms with Crippen LogP contribution in [0.15, 0.2) is 48.5 Å². The van der Waals surface area contributed by atoms with Crippen LogP contribution in [0.4, 0.5) is 26.3 Å². The molecule has 2 unspecified atom stereocenters. The van der Waals surface area contributed by atoms with Crippen molar-refractivity contribution in [1.29, 1.82) is 0 Å². The average Bonchev–Trinajstić information content (AvgIpc) is 3.57. The van der Waals surface area contributed by atoms with Crippen LogP contribution in [0.25, 0.3) is 0 Å². The van der Waals surface area contributed by atoms with Crippen molar-refractivity contribution in [2.75, 3.05) is 0 Å². The zero-order valence-corrected chi connectivity index (χ0v) is 18.4. The molecule has 0 heterocycles. The number of nitrogens with one attached hydrogen (secondary N) is 1. The molecule has 12 heteroatoms. The summed E-state index contributed by atoms with van der Waals surface area (Å²) in [6.07, 6.45) is -10.4. The Hall–Kier alpha value is -2.44. The highest BCUT2D eigenvalue weighted by Crippen LogP contribution is 2.50. The molecule has 5 nitrogen and oxygen atoms in total. The first-order valence-corrected chi connectivity index (χ1v) is 11.3. The molecule has 34 heavy (non-hydrogen) atoms. The van der Waals surface area contributed by atoms with Crippen LogP contribution < -0.4 is 5.32 Å². The molecular weight excluding hydrogens is 488 g/mol. The molecule has 3 atom stereocenters. The van der Waals surface area contributed by atoms with Crippen LogP contribution in [-0.2, 0) is 16.7 Å². The number of amides is 1. The highest BCUT2D eigenvalue weighted by Gasteiger charge is 2.71. The molecule has 1 aliphatic carbocycles. The van der Waals surface area contributed by atoms with Crippen molar-refractivity contribution in [3.05, 3.63) is 70.8 Å². The minimum absolute atomic E-state index is 0.0802. The van der Waals surface area contributed by atoms with Gasteiger partial charge in [-0.25, -0.2) is 0 Å². The van der Waals surface area contributed by atoms with E-state index in [-0.39, 0.29) is 11.5 Å². The molecule has 2 N–H and O–H groups in total. The summed E-state index contributed by atoms with van der Waals surface area (Å²) in [5, 5.41) is 11.4. The maximum atomic E-state index is 13.0. The SMILES string of the molecule is C[C@@H](NC(=O)c1ccc(C(O)(C(F)(F)F)C(F)(F)F)cc1)c1ccc(C(C2CC2)S(=O)[O-])cc1. The fraction of sp³-hybridized carbons (Fsp3) is 0.409. The molecule has 1 amide bonds. The zero-order chi connectivity index (χ0) is 25.5. The van der Waals surface area contributed by atoms with E-state index in [1.165, 1.54) is 0 Å². The van der Waals surface area contributed by atoms with Crippen LogP contribution in [-0.4, -0.2) is 32.1 Å². The van der Waals surface area contributed by atoms with Crippen molar-refractivity contribution in [3.63, 3.8) is 0 Å². The second-order valence-corrected chi connectivity index (χ2v) is 9.19. The normalized spacial score (nSPS) is 17.7. The van der Waals surface area contributed by atoms with Gasteiger partial charge in [0.25, 0.3) is 11.5 Å². The Kier molecular flexibility index (Phi) is 7.16. The fourth-order valence-corrected chi connectivity index (χ4v) is 4.59. The molecule has 1 saturated carbocycles. The topological polar surface area (TPSA) is 89.5 Å². The van der Waals surface area contributed by atoms with Crippen LogP contribution in [0.2, 0.25) is 0 Å². The Morgan fingerprint density at radius 3 is 1.85 bits per heavy atom. The number of benzene rings is 2. The molecule has 1 fully saturated rings. The Morgan fingerprint density at radius 1 is 0.971 bits per heavy atom. The van der Waals surface area contributed by atoms with Gasteiger partial charge in [0.05, 0.1) is 6.04 Å². The van der Waals surface area contributed by atoms with Gasteiger partial charge in [0, 0.05) is 16.4 Å². The largest absolute Gasteiger partial charge is 0.772 e. The van der Waals surface area contributed by atoms with Gasteiger partial charge >= 0.3 is 12.4 Å². The lowest BCUT2D eigenvalue weighted by molar-refractivity contribution is -0.376. The van der Waals surface area contributed by atoms with Crippen LogP contribution >= 0.6 is 0 Å². The molecule has 2 aromatic rings. The third-order valence-corrected chi connectivity index (χ3v) is 6.83. The van der Waals surface area contributed by atoms with Crippen LogP contribution in [0.1, 0.15) is 58.1 Å². The van der Waals surface area contributed by atoms with E-state index >= 15 is 0 Å². The van der Waals surface area contributed by atoms with E-state index in [1.54, 1.807) is 31.2 Å². The number of hydrogen-bond donors (Lipinski definition) is 2. The number of halogens is 6. The lowest BCUT2D eigenvalue weighted by Crippen LogP contribution is -2.53. The number of rotatable bonds is 7. The molecule has 3 rings (SSSR count). The molecule has 0 aliphatic heterocycles. The maximum absolute atomic E-state index is 13.0. The van der Waals surface area contributed by atoms with E-state index in [2.05, 4.69) is 5.32 Å². The minimum Gasteiger partial charge on any atom is -0.772 e. The molecular formula is C22H20F6NO4S-. The van der Waals surface area contributed by atoms with Crippen molar-refractivity contribution in [2.45, 2.75) is 49.0 Å². The first-order valence-electron chi connectivity index (χ1n) is 10.1. The molecule has 0 aromatic heterocycles.